The Kier molecular flexibility index (Phi) is 4.71. The van der Waals surface area contributed by atoms with Crippen molar-refractivity contribution in [2.45, 2.75) is 57.4 Å². The molecule has 0 heterocycles. The van der Waals surface area contributed by atoms with Gasteiger partial charge in [0.15, 0.2) is 0 Å². The molecule has 2 amide bonds. The average Bonchev–Trinajstić information content (AvgIpc) is 2.44. The van der Waals surface area contributed by atoms with Crippen LogP contribution in [0.25, 0.3) is 0 Å². The van der Waals surface area contributed by atoms with Crippen molar-refractivity contribution < 1.29 is 14.3 Å². The highest BCUT2D eigenvalue weighted by molar-refractivity contribution is 6.35. The van der Waals surface area contributed by atoms with Gasteiger partial charge in [-0.15, -0.1) is 0 Å². The third-order valence-corrected chi connectivity index (χ3v) is 5.58. The molecule has 4 rings (SSSR count). The zero-order valence-corrected chi connectivity index (χ0v) is 13.5. The van der Waals surface area contributed by atoms with Crippen LogP contribution in [0.3, 0.4) is 0 Å². The summed E-state index contributed by atoms with van der Waals surface area (Å²) in [5.41, 5.74) is -0.0888. The first-order valence-electron chi connectivity index (χ1n) is 8.78. The fourth-order valence-electron chi connectivity index (χ4n) is 5.16. The highest BCUT2D eigenvalue weighted by Crippen LogP contribution is 2.55. The lowest BCUT2D eigenvalue weighted by Gasteiger charge is -2.56. The zero-order chi connectivity index (χ0) is 15.6. The minimum absolute atomic E-state index is 0.0888. The molecule has 0 aromatic heterocycles. The van der Waals surface area contributed by atoms with Gasteiger partial charge in [-0.2, -0.15) is 0 Å². The number of ether oxygens (including phenoxy) is 1. The molecule has 4 bridgehead atoms. The van der Waals surface area contributed by atoms with Crippen LogP contribution in [0.5, 0.6) is 0 Å². The van der Waals surface area contributed by atoms with Crippen LogP contribution in [0.1, 0.15) is 51.9 Å². The summed E-state index contributed by atoms with van der Waals surface area (Å²) < 4.78 is 5.21. The maximum absolute atomic E-state index is 12.2. The number of amides is 2. The van der Waals surface area contributed by atoms with Crippen LogP contribution in [0.15, 0.2) is 0 Å². The molecule has 4 aliphatic rings. The monoisotopic (exact) mass is 308 g/mol. The lowest BCUT2D eigenvalue weighted by atomic mass is 9.53. The molecule has 0 unspecified atom stereocenters. The van der Waals surface area contributed by atoms with E-state index in [-0.39, 0.29) is 5.54 Å². The molecular formula is C17H28N2O3. The molecule has 0 aliphatic heterocycles. The SMILES string of the molecule is CCOCCCNC(=O)C(=O)NC12CC3CC(CC(C3)C1)C2. The van der Waals surface area contributed by atoms with Crippen molar-refractivity contribution in [1.29, 1.82) is 0 Å². The van der Waals surface area contributed by atoms with E-state index >= 15 is 0 Å². The molecule has 0 spiro atoms. The van der Waals surface area contributed by atoms with Gasteiger partial charge in [0.2, 0.25) is 0 Å². The number of nitrogens with one attached hydrogen (secondary N) is 2. The van der Waals surface area contributed by atoms with Crippen molar-refractivity contribution in [2.24, 2.45) is 17.8 Å². The maximum Gasteiger partial charge on any atom is 0.309 e. The number of hydrogen-bond acceptors (Lipinski definition) is 3. The van der Waals surface area contributed by atoms with Crippen LogP contribution in [-0.2, 0) is 14.3 Å². The molecule has 5 nitrogen and oxygen atoms in total. The maximum atomic E-state index is 12.2. The molecule has 0 radical (unpaired) electrons. The van der Waals surface area contributed by atoms with E-state index in [1.807, 2.05) is 6.92 Å². The summed E-state index contributed by atoms with van der Waals surface area (Å²) in [4.78, 5) is 24.1. The van der Waals surface area contributed by atoms with Crippen LogP contribution in [0.2, 0.25) is 0 Å². The van der Waals surface area contributed by atoms with Crippen molar-refractivity contribution >= 4 is 11.8 Å². The summed E-state index contributed by atoms with van der Waals surface area (Å²) in [5, 5.41) is 5.79. The lowest BCUT2D eigenvalue weighted by molar-refractivity contribution is -0.142. The van der Waals surface area contributed by atoms with Crippen LogP contribution in [0.4, 0.5) is 0 Å². The van der Waals surface area contributed by atoms with Gasteiger partial charge in [0.05, 0.1) is 0 Å². The van der Waals surface area contributed by atoms with E-state index in [9.17, 15) is 9.59 Å². The second-order valence-electron chi connectivity index (χ2n) is 7.46. The Labute approximate surface area is 132 Å². The Bertz CT molecular complexity index is 400. The van der Waals surface area contributed by atoms with Crippen LogP contribution < -0.4 is 10.6 Å². The summed E-state index contributed by atoms with van der Waals surface area (Å²) in [7, 11) is 0. The number of hydrogen-bond donors (Lipinski definition) is 2. The van der Waals surface area contributed by atoms with E-state index in [4.69, 9.17) is 4.74 Å². The molecule has 4 saturated carbocycles. The minimum atomic E-state index is -0.493. The van der Waals surface area contributed by atoms with Crippen LogP contribution in [0, 0.1) is 17.8 Å². The molecule has 5 heteroatoms. The van der Waals surface area contributed by atoms with Gasteiger partial charge < -0.3 is 15.4 Å². The lowest BCUT2D eigenvalue weighted by Crippen LogP contribution is -2.61. The predicted molar refractivity (Wildman–Crippen MR) is 83.2 cm³/mol. The Morgan fingerprint density at radius 1 is 1.05 bits per heavy atom. The quantitative estimate of drug-likeness (QED) is 0.579. The topological polar surface area (TPSA) is 67.4 Å². The predicted octanol–water partition coefficient (Wildman–Crippen LogP) is 1.61. The summed E-state index contributed by atoms with van der Waals surface area (Å²) in [5.74, 6) is 1.35. The number of carbonyl (C=O) groups is 2. The minimum Gasteiger partial charge on any atom is -0.382 e. The molecular weight excluding hydrogens is 280 g/mol. The number of rotatable bonds is 6. The number of carbonyl (C=O) groups excluding carboxylic acids is 2. The van der Waals surface area contributed by atoms with E-state index in [2.05, 4.69) is 10.6 Å². The van der Waals surface area contributed by atoms with Gasteiger partial charge in [0.1, 0.15) is 0 Å². The van der Waals surface area contributed by atoms with E-state index in [0.29, 0.717) is 19.8 Å². The van der Waals surface area contributed by atoms with Gasteiger partial charge in [0.25, 0.3) is 0 Å². The van der Waals surface area contributed by atoms with Crippen molar-refractivity contribution in [3.8, 4) is 0 Å². The first-order valence-corrected chi connectivity index (χ1v) is 8.78. The largest absolute Gasteiger partial charge is 0.382 e. The Morgan fingerprint density at radius 3 is 2.18 bits per heavy atom. The summed E-state index contributed by atoms with van der Waals surface area (Å²) in [6.07, 6.45) is 7.95. The summed E-state index contributed by atoms with van der Waals surface area (Å²) >= 11 is 0. The highest BCUT2D eigenvalue weighted by atomic mass is 16.5. The van der Waals surface area contributed by atoms with E-state index in [1.54, 1.807) is 0 Å². The summed E-state index contributed by atoms with van der Waals surface area (Å²) in [6.45, 7) is 3.73. The van der Waals surface area contributed by atoms with Crippen molar-refractivity contribution in [1.82, 2.24) is 10.6 Å². The fraction of sp³-hybridized carbons (Fsp3) is 0.882. The second-order valence-corrected chi connectivity index (χ2v) is 7.46. The molecule has 0 aromatic rings. The van der Waals surface area contributed by atoms with Gasteiger partial charge in [-0.3, -0.25) is 9.59 Å². The molecule has 0 aromatic carbocycles. The molecule has 22 heavy (non-hydrogen) atoms. The van der Waals surface area contributed by atoms with Crippen molar-refractivity contribution in [3.63, 3.8) is 0 Å². The molecule has 4 aliphatic carbocycles. The Balaban J connectivity index is 1.46. The molecule has 2 N–H and O–H groups in total. The Hall–Kier alpha value is -1.10. The third-order valence-electron chi connectivity index (χ3n) is 5.58. The molecule has 0 saturated heterocycles. The molecule has 124 valence electrons. The smallest absolute Gasteiger partial charge is 0.309 e. The normalized spacial score (nSPS) is 35.4. The zero-order valence-electron chi connectivity index (χ0n) is 13.5. The first-order chi connectivity index (χ1) is 10.6. The first kappa shape index (κ1) is 15.8. The highest BCUT2D eigenvalue weighted by Gasteiger charge is 2.51. The Morgan fingerprint density at radius 2 is 1.64 bits per heavy atom. The van der Waals surface area contributed by atoms with E-state index in [1.165, 1.54) is 19.3 Å². The van der Waals surface area contributed by atoms with Gasteiger partial charge in [0, 0.05) is 25.3 Å². The second kappa shape index (κ2) is 6.57. The fourth-order valence-corrected chi connectivity index (χ4v) is 5.16. The average molecular weight is 308 g/mol. The van der Waals surface area contributed by atoms with Gasteiger partial charge >= 0.3 is 11.8 Å². The standard InChI is InChI=1S/C17H28N2O3/c1-2-22-5-3-4-18-15(20)16(21)19-17-9-12-6-13(10-17)8-14(7-12)11-17/h12-14H,2-11H2,1H3,(H,18,20)(H,19,21). The van der Waals surface area contributed by atoms with E-state index in [0.717, 1.165) is 43.4 Å². The van der Waals surface area contributed by atoms with Gasteiger partial charge in [-0.1, -0.05) is 0 Å². The van der Waals surface area contributed by atoms with Crippen LogP contribution >= 0.6 is 0 Å². The van der Waals surface area contributed by atoms with Gasteiger partial charge in [-0.05, 0) is 69.6 Å². The van der Waals surface area contributed by atoms with Crippen molar-refractivity contribution in [3.05, 3.63) is 0 Å². The summed E-state index contributed by atoms with van der Waals surface area (Å²) in [6, 6.07) is 0. The third kappa shape index (κ3) is 3.45. The van der Waals surface area contributed by atoms with E-state index < -0.39 is 11.8 Å². The van der Waals surface area contributed by atoms with Gasteiger partial charge in [-0.25, -0.2) is 0 Å². The molecule has 4 fully saturated rings. The van der Waals surface area contributed by atoms with Crippen LogP contribution in [-0.4, -0.2) is 37.1 Å². The van der Waals surface area contributed by atoms with Crippen molar-refractivity contribution in [2.75, 3.05) is 19.8 Å². The molecule has 0 atom stereocenters.